The van der Waals surface area contributed by atoms with Crippen LogP contribution in [-0.2, 0) is 0 Å². The summed E-state index contributed by atoms with van der Waals surface area (Å²) in [6.07, 6.45) is 7.77. The highest BCUT2D eigenvalue weighted by Crippen LogP contribution is 2.38. The van der Waals surface area contributed by atoms with Gasteiger partial charge in [0.05, 0.1) is 0 Å². The second-order valence-corrected chi connectivity index (χ2v) is 12.1. The molecule has 2 fully saturated rings. The molecular weight excluding hydrogens is 437 g/mol. The van der Waals surface area contributed by atoms with E-state index < -0.39 is 0 Å². The Labute approximate surface area is 183 Å². The van der Waals surface area contributed by atoms with Gasteiger partial charge in [0.1, 0.15) is 8.64 Å². The minimum absolute atomic E-state index is 1.02. The van der Waals surface area contributed by atoms with Gasteiger partial charge < -0.3 is 9.80 Å². The predicted octanol–water partition coefficient (Wildman–Crippen LogP) is 6.71. The van der Waals surface area contributed by atoms with Crippen molar-refractivity contribution in [2.24, 2.45) is 0 Å². The first-order valence-corrected chi connectivity index (χ1v) is 14.2. The van der Waals surface area contributed by atoms with Gasteiger partial charge in [-0.2, -0.15) is 0 Å². The molecule has 2 aliphatic heterocycles. The molecule has 1 aromatic carbocycles. The Kier molecular flexibility index (Phi) is 9.27. The molecule has 0 unspecified atom stereocenters. The van der Waals surface area contributed by atoms with E-state index in [1.165, 1.54) is 48.3 Å². The molecule has 2 nitrogen and oxygen atoms in total. The van der Waals surface area contributed by atoms with Crippen LogP contribution in [0.4, 0.5) is 0 Å². The number of hydrogen-bond donors (Lipinski definition) is 0. The zero-order valence-electron chi connectivity index (χ0n) is 14.7. The van der Waals surface area contributed by atoms with Gasteiger partial charge in [0.25, 0.3) is 0 Å². The van der Waals surface area contributed by atoms with Crippen LogP contribution in [0.1, 0.15) is 38.5 Å². The summed E-state index contributed by atoms with van der Waals surface area (Å²) in [6.45, 7) is 4.48. The molecule has 0 bridgehead atoms. The van der Waals surface area contributed by atoms with Gasteiger partial charge in [-0.15, -0.1) is 0 Å². The number of hydrogen-bond acceptors (Lipinski definition) is 6. The highest BCUT2D eigenvalue weighted by Gasteiger charge is 2.15. The first-order valence-electron chi connectivity index (χ1n) is 9.09. The molecule has 2 aliphatic rings. The topological polar surface area (TPSA) is 6.48 Å². The molecular formula is C18H24N2S6. The summed E-state index contributed by atoms with van der Waals surface area (Å²) in [5, 5.41) is 0. The maximum absolute atomic E-state index is 5.57. The quantitative estimate of drug-likeness (QED) is 0.357. The van der Waals surface area contributed by atoms with E-state index in [1.807, 2.05) is 0 Å². The molecule has 142 valence electrons. The van der Waals surface area contributed by atoms with E-state index in [-0.39, 0.29) is 0 Å². The van der Waals surface area contributed by atoms with Crippen molar-refractivity contribution < 1.29 is 0 Å². The standard InChI is InChI=1S/C18H24N2S6/c21-17(19-11-3-1-4-12-19)25-23-15-7-9-16(10-8-15)24-26-18(22)20-13-5-2-6-14-20/h7-10H,1-6,11-14H2. The normalized spacial score (nSPS) is 18.0. The predicted molar refractivity (Wildman–Crippen MR) is 129 cm³/mol. The molecule has 2 saturated heterocycles. The summed E-state index contributed by atoms with van der Waals surface area (Å²) in [7, 11) is 6.95. The summed E-state index contributed by atoms with van der Waals surface area (Å²) in [5.41, 5.74) is 0. The molecule has 3 rings (SSSR count). The van der Waals surface area contributed by atoms with Gasteiger partial charge >= 0.3 is 0 Å². The Morgan fingerprint density at radius 3 is 1.31 bits per heavy atom. The van der Waals surface area contributed by atoms with Gasteiger partial charge in [-0.25, -0.2) is 0 Å². The first-order chi connectivity index (χ1) is 12.7. The van der Waals surface area contributed by atoms with Crippen molar-refractivity contribution in [2.45, 2.75) is 48.3 Å². The van der Waals surface area contributed by atoms with Gasteiger partial charge in [-0.05, 0) is 84.4 Å². The fourth-order valence-electron chi connectivity index (χ4n) is 2.98. The molecule has 0 aliphatic carbocycles. The average Bonchev–Trinajstić information content (AvgIpc) is 2.72. The van der Waals surface area contributed by atoms with Crippen LogP contribution in [0.15, 0.2) is 34.1 Å². The van der Waals surface area contributed by atoms with Crippen LogP contribution in [-0.4, -0.2) is 44.6 Å². The highest BCUT2D eigenvalue weighted by molar-refractivity contribution is 8.84. The Hall–Kier alpha value is 0.400. The van der Waals surface area contributed by atoms with Crippen molar-refractivity contribution in [3.05, 3.63) is 24.3 Å². The van der Waals surface area contributed by atoms with Crippen LogP contribution in [0.5, 0.6) is 0 Å². The third kappa shape index (κ3) is 6.78. The van der Waals surface area contributed by atoms with Crippen molar-refractivity contribution in [1.29, 1.82) is 0 Å². The lowest BCUT2D eigenvalue weighted by molar-refractivity contribution is 0.352. The van der Waals surface area contributed by atoms with Crippen molar-refractivity contribution in [3.63, 3.8) is 0 Å². The lowest BCUT2D eigenvalue weighted by Crippen LogP contribution is -2.32. The van der Waals surface area contributed by atoms with Crippen molar-refractivity contribution >= 4 is 76.3 Å². The van der Waals surface area contributed by atoms with E-state index in [2.05, 4.69) is 34.1 Å². The van der Waals surface area contributed by atoms with E-state index in [0.717, 1.165) is 34.8 Å². The van der Waals surface area contributed by atoms with Crippen LogP contribution >= 0.6 is 67.6 Å². The van der Waals surface area contributed by atoms with Crippen molar-refractivity contribution in [3.8, 4) is 0 Å². The van der Waals surface area contributed by atoms with E-state index in [0.29, 0.717) is 0 Å². The van der Waals surface area contributed by atoms with E-state index in [9.17, 15) is 0 Å². The number of piperidine rings is 2. The molecule has 1 aromatic rings. The van der Waals surface area contributed by atoms with E-state index in [1.54, 1.807) is 43.2 Å². The maximum atomic E-state index is 5.57. The summed E-state index contributed by atoms with van der Waals surface area (Å²) >= 11 is 11.1. The summed E-state index contributed by atoms with van der Waals surface area (Å²) < 4.78 is 2.05. The van der Waals surface area contributed by atoms with E-state index in [4.69, 9.17) is 24.4 Å². The third-order valence-corrected chi connectivity index (χ3v) is 10.6. The molecule has 0 radical (unpaired) electrons. The average molecular weight is 461 g/mol. The minimum Gasteiger partial charge on any atom is -0.357 e. The fourth-order valence-corrected chi connectivity index (χ4v) is 7.66. The molecule has 0 atom stereocenters. The molecule has 0 saturated carbocycles. The van der Waals surface area contributed by atoms with Gasteiger partial charge in [0, 0.05) is 36.0 Å². The number of benzene rings is 1. The largest absolute Gasteiger partial charge is 0.357 e. The van der Waals surface area contributed by atoms with Crippen molar-refractivity contribution in [2.75, 3.05) is 26.2 Å². The van der Waals surface area contributed by atoms with Crippen LogP contribution in [0.3, 0.4) is 0 Å². The molecule has 8 heteroatoms. The molecule has 2 heterocycles. The number of thiocarbonyl (C=S) groups is 2. The van der Waals surface area contributed by atoms with E-state index >= 15 is 0 Å². The first kappa shape index (κ1) is 21.1. The number of rotatable bonds is 4. The van der Waals surface area contributed by atoms with Crippen LogP contribution in [0.2, 0.25) is 0 Å². The zero-order chi connectivity index (χ0) is 18.2. The zero-order valence-corrected chi connectivity index (χ0v) is 19.6. The molecule has 26 heavy (non-hydrogen) atoms. The highest BCUT2D eigenvalue weighted by atomic mass is 33.1. The Bertz CT molecular complexity index is 541. The monoisotopic (exact) mass is 460 g/mol. The van der Waals surface area contributed by atoms with Crippen LogP contribution in [0, 0.1) is 0 Å². The van der Waals surface area contributed by atoms with Gasteiger partial charge in [-0.3, -0.25) is 0 Å². The summed E-state index contributed by atoms with van der Waals surface area (Å²) in [6, 6.07) is 8.74. The molecule has 0 N–H and O–H groups in total. The second kappa shape index (κ2) is 11.4. The third-order valence-electron chi connectivity index (χ3n) is 4.47. The number of likely N-dealkylation sites (tertiary alicyclic amines) is 2. The van der Waals surface area contributed by atoms with Gasteiger partial charge in [-0.1, -0.05) is 46.0 Å². The summed E-state index contributed by atoms with van der Waals surface area (Å²) in [4.78, 5) is 7.20. The minimum atomic E-state index is 1.02. The van der Waals surface area contributed by atoms with Crippen LogP contribution in [0.25, 0.3) is 0 Å². The molecule has 0 aromatic heterocycles. The van der Waals surface area contributed by atoms with Gasteiger partial charge in [0.2, 0.25) is 0 Å². The SMILES string of the molecule is S=C(SSc1ccc(SSC(=S)N2CCCCC2)cc1)N1CCCCC1. The Morgan fingerprint density at radius 1 is 0.615 bits per heavy atom. The van der Waals surface area contributed by atoms with Crippen LogP contribution < -0.4 is 0 Å². The van der Waals surface area contributed by atoms with Gasteiger partial charge in [0.15, 0.2) is 0 Å². The molecule has 0 spiro atoms. The van der Waals surface area contributed by atoms with Crippen molar-refractivity contribution in [1.82, 2.24) is 9.80 Å². The second-order valence-electron chi connectivity index (χ2n) is 6.43. The lowest BCUT2D eigenvalue weighted by atomic mass is 10.1. The summed E-state index contributed by atoms with van der Waals surface area (Å²) in [5.74, 6) is 0. The lowest BCUT2D eigenvalue weighted by Gasteiger charge is -2.28. The Morgan fingerprint density at radius 2 is 0.962 bits per heavy atom. The number of nitrogens with zero attached hydrogens (tertiary/aromatic N) is 2. The Balaban J connectivity index is 1.40. The maximum Gasteiger partial charge on any atom is 0.147 e. The smallest absolute Gasteiger partial charge is 0.147 e. The fraction of sp³-hybridized carbons (Fsp3) is 0.556. The molecule has 0 amide bonds.